The molecule has 7 nitrogen and oxygen atoms in total. The van der Waals surface area contributed by atoms with Gasteiger partial charge in [0.25, 0.3) is 5.91 Å². The normalized spacial score (nSPS) is 18.3. The number of hydrogen-bond acceptors (Lipinski definition) is 5. The second-order valence-electron chi connectivity index (χ2n) is 6.31. The number of nitrogen functional groups attached to an aromatic ring is 1. The highest BCUT2D eigenvalue weighted by Crippen LogP contribution is 2.27. The third kappa shape index (κ3) is 3.37. The van der Waals surface area contributed by atoms with Crippen molar-refractivity contribution in [3.8, 4) is 23.1 Å². The van der Waals surface area contributed by atoms with Crippen molar-refractivity contribution >= 4 is 17.5 Å². The molecule has 1 fully saturated rings. The molecule has 0 unspecified atom stereocenters. The van der Waals surface area contributed by atoms with E-state index in [4.69, 9.17) is 11.5 Å². The molecule has 1 aromatic heterocycles. The zero-order valence-corrected chi connectivity index (χ0v) is 14.6. The Morgan fingerprint density at radius 3 is 2.68 bits per heavy atom. The minimum Gasteiger partial charge on any atom is -0.397 e. The number of nitrogens with two attached hydrogens (primary N) is 2. The standard InChI is InChI=1S/C19H16F2N4O3/c20-12-2-1-11(15-13(21)8-14(22)16(25-15)17(23)27)7-10(12)3-4-19(9-26)5-6-24-18(19)28/h1-2,7-8,26H,5-6,9,22H2,(H2,23,27)(H,24,28)/t19-/m0/s1. The summed E-state index contributed by atoms with van der Waals surface area (Å²) in [4.78, 5) is 27.2. The number of aromatic nitrogens is 1. The Kier molecular flexibility index (Phi) is 4.98. The van der Waals surface area contributed by atoms with Crippen molar-refractivity contribution < 1.29 is 23.5 Å². The Morgan fingerprint density at radius 2 is 2.07 bits per heavy atom. The van der Waals surface area contributed by atoms with Gasteiger partial charge in [-0.15, -0.1) is 0 Å². The van der Waals surface area contributed by atoms with Crippen molar-refractivity contribution in [1.82, 2.24) is 10.3 Å². The van der Waals surface area contributed by atoms with Gasteiger partial charge in [-0.2, -0.15) is 0 Å². The minimum absolute atomic E-state index is 0.122. The van der Waals surface area contributed by atoms with Gasteiger partial charge in [0.2, 0.25) is 5.91 Å². The fourth-order valence-electron chi connectivity index (χ4n) is 2.84. The first-order valence-corrected chi connectivity index (χ1v) is 8.25. The van der Waals surface area contributed by atoms with Crippen LogP contribution >= 0.6 is 0 Å². The summed E-state index contributed by atoms with van der Waals surface area (Å²) in [6.07, 6.45) is 0.284. The summed E-state index contributed by atoms with van der Waals surface area (Å²) in [7, 11) is 0. The van der Waals surface area contributed by atoms with E-state index in [2.05, 4.69) is 22.1 Å². The fourth-order valence-corrected chi connectivity index (χ4v) is 2.84. The van der Waals surface area contributed by atoms with Crippen molar-refractivity contribution in [3.05, 3.63) is 47.2 Å². The zero-order valence-electron chi connectivity index (χ0n) is 14.6. The number of aliphatic hydroxyl groups excluding tert-OH is 1. The van der Waals surface area contributed by atoms with E-state index >= 15 is 0 Å². The van der Waals surface area contributed by atoms with E-state index in [1.807, 2.05) is 0 Å². The van der Waals surface area contributed by atoms with Gasteiger partial charge >= 0.3 is 0 Å². The molecule has 2 heterocycles. The predicted molar refractivity (Wildman–Crippen MR) is 96.5 cm³/mol. The van der Waals surface area contributed by atoms with Crippen LogP contribution in [0.3, 0.4) is 0 Å². The van der Waals surface area contributed by atoms with Gasteiger partial charge in [-0.05, 0) is 24.6 Å². The number of nitrogens with one attached hydrogen (secondary N) is 1. The molecule has 1 aliphatic heterocycles. The van der Waals surface area contributed by atoms with Crippen LogP contribution in [0.25, 0.3) is 11.3 Å². The SMILES string of the molecule is NC(=O)c1nc(-c2ccc(F)c(C#C[C@@]3(CO)CCNC3=O)c2)c(F)cc1N. The third-order valence-electron chi connectivity index (χ3n) is 4.46. The van der Waals surface area contributed by atoms with E-state index in [-0.39, 0.29) is 34.6 Å². The van der Waals surface area contributed by atoms with Crippen LogP contribution in [-0.2, 0) is 4.79 Å². The van der Waals surface area contributed by atoms with Crippen molar-refractivity contribution in [3.63, 3.8) is 0 Å². The highest BCUT2D eigenvalue weighted by molar-refractivity contribution is 5.96. The van der Waals surface area contributed by atoms with Crippen LogP contribution in [0.2, 0.25) is 0 Å². The maximum Gasteiger partial charge on any atom is 0.269 e. The molecule has 3 rings (SSSR count). The Bertz CT molecular complexity index is 1050. The average molecular weight is 386 g/mol. The Balaban J connectivity index is 2.07. The summed E-state index contributed by atoms with van der Waals surface area (Å²) in [5, 5.41) is 12.1. The summed E-state index contributed by atoms with van der Waals surface area (Å²) < 4.78 is 28.5. The zero-order chi connectivity index (χ0) is 20.5. The van der Waals surface area contributed by atoms with Gasteiger partial charge in [-0.1, -0.05) is 11.8 Å². The predicted octanol–water partition coefficient (Wildman–Crippen LogP) is 0.558. The first-order chi connectivity index (χ1) is 13.3. The maximum atomic E-state index is 14.3. The molecule has 28 heavy (non-hydrogen) atoms. The molecule has 144 valence electrons. The van der Waals surface area contributed by atoms with Gasteiger partial charge in [-0.3, -0.25) is 9.59 Å². The lowest BCUT2D eigenvalue weighted by molar-refractivity contribution is -0.126. The average Bonchev–Trinajstić information content (AvgIpc) is 3.02. The Labute approximate surface area is 158 Å². The second kappa shape index (κ2) is 7.25. The van der Waals surface area contributed by atoms with Crippen LogP contribution < -0.4 is 16.8 Å². The van der Waals surface area contributed by atoms with Gasteiger partial charge in [0.15, 0.2) is 11.5 Å². The number of halogens is 2. The molecule has 1 saturated heterocycles. The molecule has 0 aliphatic carbocycles. The van der Waals surface area contributed by atoms with Crippen LogP contribution in [0.4, 0.5) is 14.5 Å². The van der Waals surface area contributed by atoms with Crippen molar-refractivity contribution in [2.45, 2.75) is 6.42 Å². The van der Waals surface area contributed by atoms with E-state index < -0.39 is 35.5 Å². The molecule has 1 aliphatic rings. The number of benzene rings is 1. The van der Waals surface area contributed by atoms with E-state index in [1.165, 1.54) is 12.1 Å². The molecule has 6 N–H and O–H groups in total. The number of rotatable bonds is 3. The molecule has 0 spiro atoms. The van der Waals surface area contributed by atoms with Crippen molar-refractivity contribution in [1.29, 1.82) is 0 Å². The monoisotopic (exact) mass is 386 g/mol. The van der Waals surface area contributed by atoms with Gasteiger partial charge in [0, 0.05) is 18.2 Å². The lowest BCUT2D eigenvalue weighted by atomic mass is 9.88. The molecule has 2 amide bonds. The van der Waals surface area contributed by atoms with Crippen LogP contribution in [0.1, 0.15) is 22.5 Å². The molecule has 0 bridgehead atoms. The first kappa shape index (κ1) is 19.3. The largest absolute Gasteiger partial charge is 0.397 e. The number of nitrogens with zero attached hydrogens (tertiary/aromatic N) is 1. The molecular formula is C19H16F2N4O3. The third-order valence-corrected chi connectivity index (χ3v) is 4.46. The second-order valence-corrected chi connectivity index (χ2v) is 6.31. The van der Waals surface area contributed by atoms with Crippen molar-refractivity contribution in [2.24, 2.45) is 11.1 Å². The van der Waals surface area contributed by atoms with Crippen LogP contribution in [0, 0.1) is 28.9 Å². The number of carbonyl (C=O) groups excluding carboxylic acids is 2. The molecule has 2 aromatic rings. The van der Waals surface area contributed by atoms with Crippen LogP contribution in [-0.4, -0.2) is 35.1 Å². The first-order valence-electron chi connectivity index (χ1n) is 8.25. The van der Waals surface area contributed by atoms with E-state index in [1.54, 1.807) is 0 Å². The Hall–Kier alpha value is -3.51. The van der Waals surface area contributed by atoms with Gasteiger partial charge in [-0.25, -0.2) is 13.8 Å². The quantitative estimate of drug-likeness (QED) is 0.573. The minimum atomic E-state index is -1.31. The molecule has 1 atom stereocenters. The summed E-state index contributed by atoms with van der Waals surface area (Å²) in [5.74, 6) is 2.28. The fraction of sp³-hybridized carbons (Fsp3) is 0.211. The lowest BCUT2D eigenvalue weighted by Gasteiger charge is -2.15. The summed E-state index contributed by atoms with van der Waals surface area (Å²) in [5.41, 5.74) is 8.65. The number of anilines is 1. The van der Waals surface area contributed by atoms with Crippen LogP contribution in [0.15, 0.2) is 24.3 Å². The smallest absolute Gasteiger partial charge is 0.269 e. The number of primary amides is 1. The Morgan fingerprint density at radius 1 is 1.32 bits per heavy atom. The highest BCUT2D eigenvalue weighted by atomic mass is 19.1. The summed E-state index contributed by atoms with van der Waals surface area (Å²) >= 11 is 0. The van der Waals surface area contributed by atoms with E-state index in [0.717, 1.165) is 12.1 Å². The van der Waals surface area contributed by atoms with Crippen molar-refractivity contribution in [2.75, 3.05) is 18.9 Å². The molecule has 9 heteroatoms. The molecular weight excluding hydrogens is 370 g/mol. The molecule has 0 saturated carbocycles. The van der Waals surface area contributed by atoms with Gasteiger partial charge in [0.1, 0.15) is 16.9 Å². The molecule has 1 aromatic carbocycles. The van der Waals surface area contributed by atoms with Gasteiger partial charge in [0.05, 0.1) is 17.9 Å². The summed E-state index contributed by atoms with van der Waals surface area (Å²) in [6, 6.07) is 4.45. The highest BCUT2D eigenvalue weighted by Gasteiger charge is 2.40. The van der Waals surface area contributed by atoms with E-state index in [0.29, 0.717) is 6.54 Å². The number of amides is 2. The van der Waals surface area contributed by atoms with E-state index in [9.17, 15) is 23.5 Å². The number of pyridine rings is 1. The number of hydrogen-bond donors (Lipinski definition) is 4. The van der Waals surface area contributed by atoms with Crippen LogP contribution in [0.5, 0.6) is 0 Å². The number of aliphatic hydroxyl groups is 1. The molecule has 0 radical (unpaired) electrons. The topological polar surface area (TPSA) is 131 Å². The lowest BCUT2D eigenvalue weighted by Crippen LogP contribution is -2.33. The maximum absolute atomic E-state index is 14.3. The number of carbonyl (C=O) groups is 2. The summed E-state index contributed by atoms with van der Waals surface area (Å²) in [6.45, 7) is -0.156. The van der Waals surface area contributed by atoms with Gasteiger partial charge < -0.3 is 21.9 Å².